The molecule has 1 aliphatic rings. The van der Waals surface area contributed by atoms with E-state index in [-0.39, 0.29) is 0 Å². The molecule has 134 valence electrons. The van der Waals surface area contributed by atoms with E-state index in [2.05, 4.69) is 15.6 Å². The number of hydrogen-bond donors (Lipinski definition) is 1. The molecular weight excluding hydrogens is 338 g/mol. The van der Waals surface area contributed by atoms with Crippen molar-refractivity contribution in [1.82, 2.24) is 4.98 Å². The van der Waals surface area contributed by atoms with E-state index in [1.165, 1.54) is 0 Å². The van der Waals surface area contributed by atoms with Crippen molar-refractivity contribution in [3.05, 3.63) is 53.1 Å². The summed E-state index contributed by atoms with van der Waals surface area (Å²) in [7, 11) is 0.456. The van der Waals surface area contributed by atoms with E-state index in [9.17, 15) is 4.21 Å². The van der Waals surface area contributed by atoms with Crippen LogP contribution in [0.3, 0.4) is 0 Å². The molecule has 0 fully saturated rings. The van der Waals surface area contributed by atoms with Crippen LogP contribution in [0.2, 0.25) is 0 Å². The fraction of sp³-hybridized carbons (Fsp3) is 0.389. The highest BCUT2D eigenvalue weighted by atomic mass is 32.2. The zero-order chi connectivity index (χ0) is 17.6. The molecule has 1 aromatic heterocycles. The van der Waals surface area contributed by atoms with Crippen LogP contribution in [0.15, 0.2) is 36.5 Å². The van der Waals surface area contributed by atoms with Gasteiger partial charge in [-0.05, 0) is 19.1 Å². The summed E-state index contributed by atoms with van der Waals surface area (Å²) in [5.74, 6) is 1.11. The lowest BCUT2D eigenvalue weighted by Gasteiger charge is -2.24. The number of fused-ring (bicyclic) bond motifs is 1. The van der Waals surface area contributed by atoms with Gasteiger partial charge in [0, 0.05) is 53.9 Å². The minimum atomic E-state index is -1.22. The Morgan fingerprint density at radius 2 is 2.12 bits per heavy atom. The molecule has 0 saturated heterocycles. The number of nitrogens with zero attached hydrogens (tertiary/aromatic N) is 2. The standard InChI is InChI=1S/C18H22N3O3S/c1-13-16(19-9-8-17(13)24-11-5-10-23-2)12-25(22)18-20-14-6-3-4-7-15(14)21-18/h3-4,6-9,18,20H,5,10-12H2,1-2H3/q-1. The molecule has 0 aliphatic carbocycles. The predicted molar refractivity (Wildman–Crippen MR) is 99.7 cm³/mol. The van der Waals surface area contributed by atoms with Crippen molar-refractivity contribution in [3.63, 3.8) is 0 Å². The molecule has 0 amide bonds. The van der Waals surface area contributed by atoms with Crippen molar-refractivity contribution in [3.8, 4) is 5.75 Å². The average molecular weight is 360 g/mol. The third-order valence-corrected chi connectivity index (χ3v) is 5.26. The first-order valence-electron chi connectivity index (χ1n) is 8.19. The number of methoxy groups -OCH3 is 1. The maximum absolute atomic E-state index is 12.7. The minimum absolute atomic E-state index is 0.330. The van der Waals surface area contributed by atoms with Crippen molar-refractivity contribution in [2.24, 2.45) is 0 Å². The summed E-state index contributed by atoms with van der Waals surface area (Å²) in [6, 6.07) is 9.54. The molecule has 2 heterocycles. The fourth-order valence-corrected chi connectivity index (χ4v) is 3.79. The van der Waals surface area contributed by atoms with Crippen LogP contribution in [0.5, 0.6) is 5.75 Å². The first-order chi connectivity index (χ1) is 12.2. The zero-order valence-corrected chi connectivity index (χ0v) is 15.2. The Balaban J connectivity index is 1.62. The SMILES string of the molecule is COCCCOc1ccnc(CS(=O)C2[N-]c3ccccc3N2)c1C. The molecule has 1 N–H and O–H groups in total. The molecule has 6 nitrogen and oxygen atoms in total. The van der Waals surface area contributed by atoms with Crippen molar-refractivity contribution in [1.29, 1.82) is 0 Å². The van der Waals surface area contributed by atoms with Crippen LogP contribution in [0.25, 0.3) is 5.32 Å². The maximum Gasteiger partial charge on any atom is 0.125 e. The number of hydrogen-bond acceptors (Lipinski definition) is 5. The summed E-state index contributed by atoms with van der Waals surface area (Å²) in [4.78, 5) is 4.38. The molecule has 2 aromatic rings. The highest BCUT2D eigenvalue weighted by molar-refractivity contribution is 7.85. The van der Waals surface area contributed by atoms with Crippen LogP contribution in [-0.2, 0) is 21.3 Å². The number of nitrogens with one attached hydrogen (secondary N) is 1. The van der Waals surface area contributed by atoms with Gasteiger partial charge < -0.3 is 20.1 Å². The molecule has 25 heavy (non-hydrogen) atoms. The van der Waals surface area contributed by atoms with Crippen molar-refractivity contribution < 1.29 is 13.7 Å². The van der Waals surface area contributed by atoms with E-state index in [0.29, 0.717) is 19.0 Å². The summed E-state index contributed by atoms with van der Waals surface area (Å²) >= 11 is 0. The third-order valence-electron chi connectivity index (χ3n) is 3.98. The van der Waals surface area contributed by atoms with Gasteiger partial charge in [0.05, 0.1) is 18.1 Å². The number of benzene rings is 1. The van der Waals surface area contributed by atoms with E-state index >= 15 is 0 Å². The summed E-state index contributed by atoms with van der Waals surface area (Å²) in [6.45, 7) is 3.19. The van der Waals surface area contributed by atoms with Crippen LogP contribution in [0.1, 0.15) is 17.7 Å². The fourth-order valence-electron chi connectivity index (χ4n) is 2.58. The normalized spacial score (nSPS) is 16.6. The van der Waals surface area contributed by atoms with Gasteiger partial charge in [-0.1, -0.05) is 18.2 Å². The Hall–Kier alpha value is -2.12. The Morgan fingerprint density at radius 1 is 1.28 bits per heavy atom. The molecule has 0 spiro atoms. The number of para-hydroxylation sites is 2. The number of rotatable bonds is 8. The van der Waals surface area contributed by atoms with E-state index in [4.69, 9.17) is 9.47 Å². The number of anilines is 1. The van der Waals surface area contributed by atoms with Crippen molar-refractivity contribution in [2.45, 2.75) is 24.6 Å². The largest absolute Gasteiger partial charge is 0.653 e. The second kappa shape index (κ2) is 8.31. The van der Waals surface area contributed by atoms with E-state index in [1.54, 1.807) is 13.3 Å². The van der Waals surface area contributed by atoms with Gasteiger partial charge in [0.1, 0.15) is 5.75 Å². The lowest BCUT2D eigenvalue weighted by molar-refractivity contribution is 0.172. The number of pyridine rings is 1. The summed E-state index contributed by atoms with van der Waals surface area (Å²) < 4.78 is 23.5. The van der Waals surface area contributed by atoms with Gasteiger partial charge in [0.2, 0.25) is 0 Å². The van der Waals surface area contributed by atoms with Gasteiger partial charge in [0.25, 0.3) is 0 Å². The number of ether oxygens (including phenoxy) is 2. The monoisotopic (exact) mass is 360 g/mol. The van der Waals surface area contributed by atoms with Crippen LogP contribution in [0, 0.1) is 6.92 Å². The Bertz CT molecular complexity index is 729. The van der Waals surface area contributed by atoms with E-state index in [0.717, 1.165) is 34.8 Å². The molecule has 1 aliphatic heterocycles. The van der Waals surface area contributed by atoms with Gasteiger partial charge in [-0.15, -0.1) is 5.69 Å². The topological polar surface area (TPSA) is 74.5 Å². The van der Waals surface area contributed by atoms with E-state index in [1.807, 2.05) is 37.3 Å². The molecule has 2 atom stereocenters. The molecule has 0 bridgehead atoms. The molecule has 3 rings (SSSR count). The quantitative estimate of drug-likeness (QED) is 0.730. The van der Waals surface area contributed by atoms with Gasteiger partial charge in [-0.2, -0.15) is 0 Å². The van der Waals surface area contributed by atoms with Crippen LogP contribution < -0.4 is 10.1 Å². The highest BCUT2D eigenvalue weighted by Crippen LogP contribution is 2.39. The molecule has 0 saturated carbocycles. The number of aromatic nitrogens is 1. The van der Waals surface area contributed by atoms with Crippen LogP contribution >= 0.6 is 0 Å². The smallest absolute Gasteiger partial charge is 0.125 e. The summed E-state index contributed by atoms with van der Waals surface area (Å²) in [5, 5.41) is 7.68. The molecule has 0 radical (unpaired) electrons. The van der Waals surface area contributed by atoms with Gasteiger partial charge in [0.15, 0.2) is 0 Å². The second-order valence-corrected chi connectivity index (χ2v) is 7.24. The third kappa shape index (κ3) is 4.29. The molecule has 7 heteroatoms. The average Bonchev–Trinajstić information content (AvgIpc) is 3.06. The summed E-state index contributed by atoms with van der Waals surface area (Å²) in [5.41, 5.74) is 3.02. The lowest BCUT2D eigenvalue weighted by Crippen LogP contribution is -2.21. The molecule has 1 aromatic carbocycles. The molecule has 2 unspecified atom stereocenters. The van der Waals surface area contributed by atoms with Gasteiger partial charge >= 0.3 is 0 Å². The van der Waals surface area contributed by atoms with Gasteiger partial charge in [-0.3, -0.25) is 9.19 Å². The van der Waals surface area contributed by atoms with Crippen molar-refractivity contribution in [2.75, 3.05) is 25.6 Å². The van der Waals surface area contributed by atoms with Crippen LogP contribution in [0.4, 0.5) is 11.4 Å². The zero-order valence-electron chi connectivity index (χ0n) is 14.4. The Labute approximate surface area is 150 Å². The summed E-state index contributed by atoms with van der Waals surface area (Å²) in [6.07, 6.45) is 2.52. The lowest BCUT2D eigenvalue weighted by atomic mass is 10.2. The first-order valence-corrected chi connectivity index (χ1v) is 9.57. The van der Waals surface area contributed by atoms with Crippen molar-refractivity contribution >= 4 is 22.2 Å². The van der Waals surface area contributed by atoms with Gasteiger partial charge in [-0.25, -0.2) is 0 Å². The van der Waals surface area contributed by atoms with E-state index < -0.39 is 16.3 Å². The first kappa shape index (κ1) is 17.7. The maximum atomic E-state index is 12.7. The predicted octanol–water partition coefficient (Wildman–Crippen LogP) is 3.47. The highest BCUT2D eigenvalue weighted by Gasteiger charge is 2.17. The Morgan fingerprint density at radius 3 is 2.92 bits per heavy atom. The Kier molecular flexibility index (Phi) is 5.88. The minimum Gasteiger partial charge on any atom is -0.653 e. The van der Waals surface area contributed by atoms with Crippen LogP contribution in [-0.4, -0.2) is 35.0 Å². The molecular formula is C18H22N3O3S-. The second-order valence-electron chi connectivity index (χ2n) is 5.74.